The molecule has 3 rings (SSSR count). The van der Waals surface area contributed by atoms with Crippen LogP contribution in [0.4, 0.5) is 0 Å². The highest BCUT2D eigenvalue weighted by atomic mass is 16.1. The molecule has 1 heterocycles. The van der Waals surface area contributed by atoms with Crippen LogP contribution in [0.5, 0.6) is 0 Å². The van der Waals surface area contributed by atoms with E-state index < -0.39 is 0 Å². The molecule has 2 N–H and O–H groups in total. The Hall–Kier alpha value is -2.55. The first kappa shape index (κ1) is 16.3. The lowest BCUT2D eigenvalue weighted by Crippen LogP contribution is -2.32. The topological polar surface area (TPSA) is 44.9 Å². The van der Waals surface area contributed by atoms with Gasteiger partial charge in [-0.3, -0.25) is 4.79 Å². The summed E-state index contributed by atoms with van der Waals surface area (Å²) in [6.45, 7) is 6.08. The summed E-state index contributed by atoms with van der Waals surface area (Å²) < 4.78 is 0. The Bertz CT molecular complexity index is 832. The van der Waals surface area contributed by atoms with Crippen molar-refractivity contribution in [2.75, 3.05) is 0 Å². The molecule has 3 aromatic rings. The van der Waals surface area contributed by atoms with Crippen LogP contribution in [0, 0.1) is 12.8 Å². The van der Waals surface area contributed by atoms with Crippen LogP contribution in [0.15, 0.2) is 54.7 Å². The molecule has 0 spiro atoms. The number of para-hydroxylation sites is 1. The maximum Gasteiger partial charge on any atom is 0.223 e. The number of carbonyl (C=O) groups is 1. The Kier molecular flexibility index (Phi) is 4.70. The lowest BCUT2D eigenvalue weighted by Gasteiger charge is -2.18. The number of benzene rings is 2. The van der Waals surface area contributed by atoms with Crippen molar-refractivity contribution >= 4 is 16.8 Å². The molecule has 0 saturated heterocycles. The number of nitrogens with one attached hydrogen (secondary N) is 2. The predicted octanol–water partition coefficient (Wildman–Crippen LogP) is 4.53. The van der Waals surface area contributed by atoms with Gasteiger partial charge in [0.15, 0.2) is 0 Å². The third-order valence-corrected chi connectivity index (χ3v) is 4.58. The van der Waals surface area contributed by atoms with Crippen LogP contribution in [0.2, 0.25) is 0 Å². The molecule has 0 fully saturated rings. The number of aryl methyl sites for hydroxylation is 1. The molecular weight excluding hydrogens is 296 g/mol. The Morgan fingerprint density at radius 3 is 2.54 bits per heavy atom. The maximum absolute atomic E-state index is 12.5. The van der Waals surface area contributed by atoms with Crippen LogP contribution in [0.1, 0.15) is 36.6 Å². The number of H-pyrrole nitrogens is 1. The third kappa shape index (κ3) is 3.51. The van der Waals surface area contributed by atoms with Gasteiger partial charge in [-0.25, -0.2) is 0 Å². The van der Waals surface area contributed by atoms with E-state index >= 15 is 0 Å². The highest BCUT2D eigenvalue weighted by Crippen LogP contribution is 2.21. The quantitative estimate of drug-likeness (QED) is 0.712. The van der Waals surface area contributed by atoms with Crippen molar-refractivity contribution in [1.82, 2.24) is 10.3 Å². The van der Waals surface area contributed by atoms with Crippen LogP contribution in [0.25, 0.3) is 10.9 Å². The van der Waals surface area contributed by atoms with Crippen LogP contribution >= 0.6 is 0 Å². The third-order valence-electron chi connectivity index (χ3n) is 4.58. The van der Waals surface area contributed by atoms with E-state index in [1.807, 2.05) is 32.2 Å². The minimum Gasteiger partial charge on any atom is -0.361 e. The van der Waals surface area contributed by atoms with Gasteiger partial charge in [0.05, 0.1) is 6.04 Å². The molecule has 0 bridgehead atoms. The van der Waals surface area contributed by atoms with Gasteiger partial charge in [0, 0.05) is 23.0 Å². The van der Waals surface area contributed by atoms with E-state index in [2.05, 4.69) is 53.6 Å². The maximum atomic E-state index is 12.5. The number of rotatable bonds is 5. The monoisotopic (exact) mass is 320 g/mol. The number of aromatic nitrogens is 1. The molecule has 0 aliphatic heterocycles. The molecule has 3 nitrogen and oxygen atoms in total. The SMILES string of the molecule is Cc1ccc(C(C)NC(=O)C(C)Cc2c[nH]c3ccccc23)cc1. The highest BCUT2D eigenvalue weighted by molar-refractivity contribution is 5.84. The van der Waals surface area contributed by atoms with Gasteiger partial charge in [0.2, 0.25) is 5.91 Å². The zero-order chi connectivity index (χ0) is 17.1. The van der Waals surface area contributed by atoms with Gasteiger partial charge < -0.3 is 10.3 Å². The minimum absolute atomic E-state index is 0.0171. The van der Waals surface area contributed by atoms with Gasteiger partial charge in [-0.15, -0.1) is 0 Å². The number of hydrogen-bond donors (Lipinski definition) is 2. The molecule has 124 valence electrons. The van der Waals surface area contributed by atoms with E-state index in [1.54, 1.807) is 0 Å². The van der Waals surface area contributed by atoms with E-state index in [-0.39, 0.29) is 17.9 Å². The lowest BCUT2D eigenvalue weighted by molar-refractivity contribution is -0.125. The fraction of sp³-hybridized carbons (Fsp3) is 0.286. The molecule has 1 aromatic heterocycles. The molecule has 0 aliphatic carbocycles. The number of hydrogen-bond acceptors (Lipinski definition) is 1. The number of aromatic amines is 1. The molecule has 1 amide bonds. The Morgan fingerprint density at radius 1 is 1.08 bits per heavy atom. The second-order valence-electron chi connectivity index (χ2n) is 6.61. The van der Waals surface area contributed by atoms with Gasteiger partial charge in [-0.05, 0) is 37.5 Å². The largest absolute Gasteiger partial charge is 0.361 e. The van der Waals surface area contributed by atoms with Gasteiger partial charge in [-0.1, -0.05) is 55.0 Å². The zero-order valence-corrected chi connectivity index (χ0v) is 14.5. The van der Waals surface area contributed by atoms with Gasteiger partial charge in [-0.2, -0.15) is 0 Å². The number of fused-ring (bicyclic) bond motifs is 1. The summed E-state index contributed by atoms with van der Waals surface area (Å²) in [5.41, 5.74) is 4.67. The molecular formula is C21H24N2O. The standard InChI is InChI=1S/C21H24N2O/c1-14-8-10-17(11-9-14)16(3)23-21(24)15(2)12-18-13-22-20-7-5-4-6-19(18)20/h4-11,13,15-16,22H,12H2,1-3H3,(H,23,24). The second kappa shape index (κ2) is 6.91. The summed E-state index contributed by atoms with van der Waals surface area (Å²) in [5.74, 6) is 0.0189. The van der Waals surface area contributed by atoms with E-state index in [9.17, 15) is 4.79 Å². The van der Waals surface area contributed by atoms with Gasteiger partial charge in [0.1, 0.15) is 0 Å². The Morgan fingerprint density at radius 2 is 1.79 bits per heavy atom. The number of amides is 1. The lowest BCUT2D eigenvalue weighted by atomic mass is 9.99. The smallest absolute Gasteiger partial charge is 0.223 e. The molecule has 0 aliphatic rings. The average Bonchev–Trinajstić information content (AvgIpc) is 2.98. The first-order valence-corrected chi connectivity index (χ1v) is 8.46. The average molecular weight is 320 g/mol. The molecule has 2 aromatic carbocycles. The predicted molar refractivity (Wildman–Crippen MR) is 98.9 cm³/mol. The van der Waals surface area contributed by atoms with Crippen LogP contribution in [-0.4, -0.2) is 10.9 Å². The van der Waals surface area contributed by atoms with Crippen molar-refractivity contribution in [3.8, 4) is 0 Å². The van der Waals surface area contributed by atoms with Crippen LogP contribution in [0.3, 0.4) is 0 Å². The zero-order valence-electron chi connectivity index (χ0n) is 14.5. The van der Waals surface area contributed by atoms with Crippen molar-refractivity contribution in [2.24, 2.45) is 5.92 Å². The van der Waals surface area contributed by atoms with Crippen molar-refractivity contribution in [2.45, 2.75) is 33.2 Å². The minimum atomic E-state index is -0.0721. The molecule has 0 radical (unpaired) electrons. The summed E-state index contributed by atoms with van der Waals surface area (Å²) in [6.07, 6.45) is 2.74. The normalized spacial score (nSPS) is 13.6. The summed E-state index contributed by atoms with van der Waals surface area (Å²) in [5, 5.41) is 4.32. The van der Waals surface area contributed by atoms with Gasteiger partial charge in [0.25, 0.3) is 0 Å². The summed E-state index contributed by atoms with van der Waals surface area (Å²) in [4.78, 5) is 15.8. The molecule has 0 saturated carbocycles. The fourth-order valence-electron chi connectivity index (χ4n) is 3.02. The van der Waals surface area contributed by atoms with E-state index in [1.165, 1.54) is 16.5 Å². The van der Waals surface area contributed by atoms with E-state index in [0.717, 1.165) is 17.5 Å². The van der Waals surface area contributed by atoms with Gasteiger partial charge >= 0.3 is 0 Å². The van der Waals surface area contributed by atoms with E-state index in [0.29, 0.717) is 0 Å². The summed E-state index contributed by atoms with van der Waals surface area (Å²) in [6, 6.07) is 16.5. The molecule has 24 heavy (non-hydrogen) atoms. The van der Waals surface area contributed by atoms with Crippen molar-refractivity contribution in [3.05, 3.63) is 71.4 Å². The first-order chi connectivity index (χ1) is 11.5. The fourth-order valence-corrected chi connectivity index (χ4v) is 3.02. The molecule has 3 heteroatoms. The molecule has 2 atom stereocenters. The van der Waals surface area contributed by atoms with Crippen molar-refractivity contribution in [1.29, 1.82) is 0 Å². The van der Waals surface area contributed by atoms with Crippen LogP contribution in [-0.2, 0) is 11.2 Å². The Balaban J connectivity index is 1.65. The van der Waals surface area contributed by atoms with Crippen molar-refractivity contribution in [3.63, 3.8) is 0 Å². The first-order valence-electron chi connectivity index (χ1n) is 8.46. The highest BCUT2D eigenvalue weighted by Gasteiger charge is 2.18. The second-order valence-corrected chi connectivity index (χ2v) is 6.61. The number of carbonyl (C=O) groups excluding carboxylic acids is 1. The van der Waals surface area contributed by atoms with E-state index in [4.69, 9.17) is 0 Å². The molecule has 2 unspecified atom stereocenters. The van der Waals surface area contributed by atoms with Crippen molar-refractivity contribution < 1.29 is 4.79 Å². The van der Waals surface area contributed by atoms with Crippen LogP contribution < -0.4 is 5.32 Å². The summed E-state index contributed by atoms with van der Waals surface area (Å²) >= 11 is 0. The summed E-state index contributed by atoms with van der Waals surface area (Å²) in [7, 11) is 0. The Labute approximate surface area is 143 Å².